The summed E-state index contributed by atoms with van der Waals surface area (Å²) < 4.78 is 1.82. The minimum Gasteiger partial charge on any atom is -0.333 e. The molecular weight excluding hydrogens is 326 g/mol. The Labute approximate surface area is 151 Å². The lowest BCUT2D eigenvalue weighted by molar-refractivity contribution is -0.126. The van der Waals surface area contributed by atoms with Gasteiger partial charge in [-0.25, -0.2) is 9.97 Å². The van der Waals surface area contributed by atoms with Crippen molar-refractivity contribution in [1.82, 2.24) is 24.6 Å². The molecule has 130 valence electrons. The van der Waals surface area contributed by atoms with Crippen LogP contribution in [-0.4, -0.2) is 37.1 Å². The third kappa shape index (κ3) is 2.79. The summed E-state index contributed by atoms with van der Waals surface area (Å²) >= 11 is 0. The van der Waals surface area contributed by atoms with Gasteiger partial charge in [-0.05, 0) is 18.6 Å². The molecule has 0 spiro atoms. The Hall–Kier alpha value is -3.28. The fourth-order valence-electron chi connectivity index (χ4n) is 3.28. The summed E-state index contributed by atoms with van der Waals surface area (Å²) in [4.78, 5) is 23.5. The summed E-state index contributed by atoms with van der Waals surface area (Å²) in [6.07, 6.45) is 3.83. The number of carbonyl (C=O) groups is 1. The van der Waals surface area contributed by atoms with E-state index in [4.69, 9.17) is 9.97 Å². The molecule has 6 nitrogen and oxygen atoms in total. The van der Waals surface area contributed by atoms with E-state index in [1.165, 1.54) is 6.08 Å². The van der Waals surface area contributed by atoms with Crippen LogP contribution in [0.25, 0.3) is 22.8 Å². The molecule has 0 atom stereocenters. The van der Waals surface area contributed by atoms with Gasteiger partial charge in [0.15, 0.2) is 5.82 Å². The van der Waals surface area contributed by atoms with Gasteiger partial charge in [-0.15, -0.1) is 0 Å². The number of benzene rings is 1. The first-order valence-electron chi connectivity index (χ1n) is 8.52. The zero-order valence-corrected chi connectivity index (χ0v) is 14.6. The van der Waals surface area contributed by atoms with Gasteiger partial charge in [-0.1, -0.05) is 36.9 Å². The Morgan fingerprint density at radius 3 is 2.69 bits per heavy atom. The number of fused-ring (bicyclic) bond motifs is 1. The van der Waals surface area contributed by atoms with Crippen molar-refractivity contribution < 1.29 is 4.79 Å². The van der Waals surface area contributed by atoms with Crippen LogP contribution in [0.3, 0.4) is 0 Å². The lowest BCUT2D eigenvalue weighted by Crippen LogP contribution is -2.36. The predicted molar refractivity (Wildman–Crippen MR) is 99.0 cm³/mol. The van der Waals surface area contributed by atoms with Gasteiger partial charge in [0, 0.05) is 30.9 Å². The maximum atomic E-state index is 12.0. The van der Waals surface area contributed by atoms with E-state index in [1.807, 2.05) is 48.1 Å². The second-order valence-electron chi connectivity index (χ2n) is 6.24. The van der Waals surface area contributed by atoms with E-state index in [2.05, 4.69) is 11.7 Å². The van der Waals surface area contributed by atoms with Crippen molar-refractivity contribution in [2.45, 2.75) is 13.0 Å². The quantitative estimate of drug-likeness (QED) is 0.685. The third-order valence-electron chi connectivity index (χ3n) is 4.65. The Morgan fingerprint density at radius 1 is 1.19 bits per heavy atom. The maximum Gasteiger partial charge on any atom is 0.246 e. The molecule has 1 aliphatic rings. The van der Waals surface area contributed by atoms with Crippen LogP contribution < -0.4 is 0 Å². The van der Waals surface area contributed by atoms with Crippen LogP contribution in [0, 0.1) is 0 Å². The lowest BCUT2D eigenvalue weighted by atomic mass is 10.00. The normalized spacial score (nSPS) is 13.3. The lowest BCUT2D eigenvalue weighted by Gasteiger charge is -2.28. The maximum absolute atomic E-state index is 12.0. The van der Waals surface area contributed by atoms with E-state index >= 15 is 0 Å². The molecule has 26 heavy (non-hydrogen) atoms. The monoisotopic (exact) mass is 345 g/mol. The van der Waals surface area contributed by atoms with Gasteiger partial charge < -0.3 is 4.90 Å². The smallest absolute Gasteiger partial charge is 0.246 e. The molecule has 4 rings (SSSR count). The number of aromatic nitrogens is 4. The summed E-state index contributed by atoms with van der Waals surface area (Å²) in [5.74, 6) is 0.589. The summed E-state index contributed by atoms with van der Waals surface area (Å²) in [6, 6.07) is 11.8. The highest BCUT2D eigenvalue weighted by Gasteiger charge is 2.26. The first-order valence-corrected chi connectivity index (χ1v) is 8.52. The summed E-state index contributed by atoms with van der Waals surface area (Å²) in [5.41, 5.74) is 4.76. The van der Waals surface area contributed by atoms with Gasteiger partial charge in [0.1, 0.15) is 0 Å². The van der Waals surface area contributed by atoms with Gasteiger partial charge in [-0.2, -0.15) is 5.10 Å². The molecule has 0 saturated carbocycles. The minimum absolute atomic E-state index is 0.0717. The number of rotatable bonds is 3. The molecule has 0 unspecified atom stereocenters. The average Bonchev–Trinajstić information content (AvgIpc) is 3.12. The minimum atomic E-state index is -0.0717. The molecule has 3 aromatic rings. The Bertz CT molecular complexity index is 977. The molecule has 0 fully saturated rings. The Morgan fingerprint density at radius 2 is 2.00 bits per heavy atom. The third-order valence-corrected chi connectivity index (χ3v) is 4.65. The fraction of sp³-hybridized carbons (Fsp3) is 0.200. The highest BCUT2D eigenvalue weighted by Crippen LogP contribution is 2.30. The van der Waals surface area contributed by atoms with Gasteiger partial charge in [0.05, 0.1) is 23.6 Å². The largest absolute Gasteiger partial charge is 0.333 e. The average molecular weight is 345 g/mol. The number of hydrogen-bond donors (Lipinski definition) is 0. The molecule has 0 saturated heterocycles. The van der Waals surface area contributed by atoms with E-state index in [0.717, 1.165) is 28.2 Å². The van der Waals surface area contributed by atoms with E-state index in [1.54, 1.807) is 11.1 Å². The van der Waals surface area contributed by atoms with Crippen LogP contribution in [0.4, 0.5) is 0 Å². The molecule has 0 bridgehead atoms. The summed E-state index contributed by atoms with van der Waals surface area (Å²) in [5, 5.41) is 4.28. The van der Waals surface area contributed by atoms with Crippen molar-refractivity contribution in [1.29, 1.82) is 0 Å². The first kappa shape index (κ1) is 16.2. The number of carbonyl (C=O) groups excluding carboxylic acids is 1. The topological polar surface area (TPSA) is 63.9 Å². The fourth-order valence-corrected chi connectivity index (χ4v) is 3.28. The summed E-state index contributed by atoms with van der Waals surface area (Å²) in [6.45, 7) is 4.69. The highest BCUT2D eigenvalue weighted by atomic mass is 16.2. The molecule has 3 heterocycles. The van der Waals surface area contributed by atoms with E-state index in [9.17, 15) is 4.79 Å². The van der Waals surface area contributed by atoms with Crippen molar-refractivity contribution in [3.8, 4) is 22.8 Å². The van der Waals surface area contributed by atoms with E-state index < -0.39 is 0 Å². The molecule has 2 aromatic heterocycles. The highest BCUT2D eigenvalue weighted by molar-refractivity contribution is 5.87. The van der Waals surface area contributed by atoms with Crippen LogP contribution in [0.1, 0.15) is 11.3 Å². The Kier molecular flexibility index (Phi) is 4.08. The summed E-state index contributed by atoms with van der Waals surface area (Å²) in [7, 11) is 1.91. The van der Waals surface area contributed by atoms with Crippen LogP contribution >= 0.6 is 0 Å². The number of aryl methyl sites for hydroxylation is 1. The number of amides is 1. The van der Waals surface area contributed by atoms with Gasteiger partial charge in [0.2, 0.25) is 5.91 Å². The molecule has 0 aliphatic carbocycles. The Balaban J connectivity index is 1.88. The zero-order chi connectivity index (χ0) is 18.1. The SMILES string of the molecule is C=CC(=O)N1CCc2c(nc(-c3ccccc3)nc2-c2ccnn2C)C1. The van der Waals surface area contributed by atoms with Crippen LogP contribution in [0.15, 0.2) is 55.3 Å². The second kappa shape index (κ2) is 6.55. The van der Waals surface area contributed by atoms with Crippen LogP contribution in [-0.2, 0) is 24.8 Å². The van der Waals surface area contributed by atoms with Crippen molar-refractivity contribution >= 4 is 5.91 Å². The molecular formula is C20H19N5O. The van der Waals surface area contributed by atoms with Crippen molar-refractivity contribution in [3.63, 3.8) is 0 Å². The molecule has 1 aliphatic heterocycles. The first-order chi connectivity index (χ1) is 12.7. The zero-order valence-electron chi connectivity index (χ0n) is 14.6. The van der Waals surface area contributed by atoms with Gasteiger partial charge in [-0.3, -0.25) is 9.48 Å². The van der Waals surface area contributed by atoms with E-state index in [0.29, 0.717) is 25.3 Å². The van der Waals surface area contributed by atoms with Crippen molar-refractivity contribution in [2.75, 3.05) is 6.54 Å². The van der Waals surface area contributed by atoms with Crippen molar-refractivity contribution in [3.05, 3.63) is 66.5 Å². The van der Waals surface area contributed by atoms with Gasteiger partial charge in [0.25, 0.3) is 0 Å². The van der Waals surface area contributed by atoms with Crippen LogP contribution in [0.2, 0.25) is 0 Å². The van der Waals surface area contributed by atoms with Crippen LogP contribution in [0.5, 0.6) is 0 Å². The molecule has 1 aromatic carbocycles. The molecule has 6 heteroatoms. The molecule has 0 radical (unpaired) electrons. The second-order valence-corrected chi connectivity index (χ2v) is 6.24. The number of nitrogens with zero attached hydrogens (tertiary/aromatic N) is 5. The standard InChI is InChI=1S/C20H19N5O/c1-3-18(26)25-12-10-15-16(13-25)22-20(14-7-5-4-6-8-14)23-19(15)17-9-11-21-24(17)2/h3-9,11H,1,10,12-13H2,2H3. The van der Waals surface area contributed by atoms with E-state index in [-0.39, 0.29) is 5.91 Å². The number of hydrogen-bond acceptors (Lipinski definition) is 4. The molecule has 1 amide bonds. The predicted octanol–water partition coefficient (Wildman–Crippen LogP) is 2.61. The van der Waals surface area contributed by atoms with Gasteiger partial charge >= 0.3 is 0 Å². The molecule has 0 N–H and O–H groups in total. The van der Waals surface area contributed by atoms with Crippen molar-refractivity contribution in [2.24, 2.45) is 7.05 Å².